The Morgan fingerprint density at radius 1 is 1.04 bits per heavy atom. The van der Waals surface area contributed by atoms with Gasteiger partial charge in [0.15, 0.2) is 11.2 Å². The van der Waals surface area contributed by atoms with Gasteiger partial charge >= 0.3 is 5.97 Å². The summed E-state index contributed by atoms with van der Waals surface area (Å²) in [4.78, 5) is 23.9. The van der Waals surface area contributed by atoms with Crippen LogP contribution >= 0.6 is 12.2 Å². The summed E-state index contributed by atoms with van der Waals surface area (Å²) in [6, 6.07) is 15.7. The van der Waals surface area contributed by atoms with E-state index in [1.807, 2.05) is 18.2 Å². The fourth-order valence-electron chi connectivity index (χ4n) is 2.00. The largest absolute Gasteiger partial charge is 0.481 e. The van der Waals surface area contributed by atoms with Crippen LogP contribution in [0.2, 0.25) is 0 Å². The molecule has 2 aromatic rings. The van der Waals surface area contributed by atoms with Crippen LogP contribution in [-0.2, 0) is 9.53 Å². The van der Waals surface area contributed by atoms with E-state index in [1.54, 1.807) is 43.3 Å². The van der Waals surface area contributed by atoms with Crippen molar-refractivity contribution in [1.29, 1.82) is 0 Å². The van der Waals surface area contributed by atoms with Crippen LogP contribution in [0.5, 0.6) is 5.75 Å². The van der Waals surface area contributed by atoms with Crippen molar-refractivity contribution >= 4 is 34.9 Å². The molecule has 0 saturated heterocycles. The van der Waals surface area contributed by atoms with Crippen LogP contribution in [0.1, 0.15) is 17.3 Å². The highest BCUT2D eigenvalue weighted by molar-refractivity contribution is 7.80. The second-order valence-electron chi connectivity index (χ2n) is 5.05. The predicted octanol–water partition coefficient (Wildman–Crippen LogP) is 2.75. The molecule has 2 rings (SSSR count). The number of amides is 1. The molecule has 0 aliphatic rings. The van der Waals surface area contributed by atoms with Gasteiger partial charge in [0.1, 0.15) is 5.75 Å². The van der Waals surface area contributed by atoms with E-state index >= 15 is 0 Å². The number of nitrogens with one attached hydrogen (secondary N) is 2. The van der Waals surface area contributed by atoms with Gasteiger partial charge in [0, 0.05) is 0 Å². The molecule has 0 radical (unpaired) electrons. The molecule has 0 aliphatic heterocycles. The average molecular weight is 358 g/mol. The normalized spacial score (nSPS) is 11.1. The Hall–Kier alpha value is -2.93. The SMILES string of the molecule is COC(=O)c1ccccc1NC(=S)NC(=O)C(C)Oc1ccccc1. The summed E-state index contributed by atoms with van der Waals surface area (Å²) in [5.74, 6) is -0.324. The number of methoxy groups -OCH3 is 1. The minimum atomic E-state index is -0.738. The smallest absolute Gasteiger partial charge is 0.339 e. The third-order valence-electron chi connectivity index (χ3n) is 3.24. The molecule has 0 bridgehead atoms. The quantitative estimate of drug-likeness (QED) is 0.632. The van der Waals surface area contributed by atoms with E-state index in [0.29, 0.717) is 17.0 Å². The fraction of sp³-hybridized carbons (Fsp3) is 0.167. The molecule has 0 fully saturated rings. The van der Waals surface area contributed by atoms with Crippen LogP contribution in [0.15, 0.2) is 54.6 Å². The highest BCUT2D eigenvalue weighted by atomic mass is 32.1. The van der Waals surface area contributed by atoms with Gasteiger partial charge in [-0.1, -0.05) is 30.3 Å². The first-order valence-corrected chi connectivity index (χ1v) is 7.93. The van der Waals surface area contributed by atoms with Crippen molar-refractivity contribution in [1.82, 2.24) is 5.32 Å². The molecule has 1 atom stereocenters. The maximum absolute atomic E-state index is 12.2. The maximum Gasteiger partial charge on any atom is 0.339 e. The minimum absolute atomic E-state index is 0.0601. The van der Waals surface area contributed by atoms with Crippen molar-refractivity contribution in [3.8, 4) is 5.75 Å². The number of anilines is 1. The molecule has 7 heteroatoms. The van der Waals surface area contributed by atoms with Crippen LogP contribution in [0.4, 0.5) is 5.69 Å². The lowest BCUT2D eigenvalue weighted by atomic mass is 10.2. The first-order valence-electron chi connectivity index (χ1n) is 7.52. The van der Waals surface area contributed by atoms with Crippen LogP contribution in [-0.4, -0.2) is 30.2 Å². The maximum atomic E-state index is 12.2. The zero-order chi connectivity index (χ0) is 18.2. The number of rotatable bonds is 5. The van der Waals surface area contributed by atoms with E-state index in [-0.39, 0.29) is 5.11 Å². The molecule has 0 spiro atoms. The lowest BCUT2D eigenvalue weighted by Gasteiger charge is -2.16. The van der Waals surface area contributed by atoms with Gasteiger partial charge < -0.3 is 14.8 Å². The van der Waals surface area contributed by atoms with Crippen molar-refractivity contribution in [2.45, 2.75) is 13.0 Å². The molecule has 0 heterocycles. The first kappa shape index (κ1) is 18.4. The van der Waals surface area contributed by atoms with Crippen molar-refractivity contribution in [3.05, 3.63) is 60.2 Å². The molecule has 0 aromatic heterocycles. The number of thiocarbonyl (C=S) groups is 1. The van der Waals surface area contributed by atoms with Crippen molar-refractivity contribution in [2.75, 3.05) is 12.4 Å². The zero-order valence-corrected chi connectivity index (χ0v) is 14.6. The zero-order valence-electron chi connectivity index (χ0n) is 13.8. The lowest BCUT2D eigenvalue weighted by Crippen LogP contribution is -2.42. The second kappa shape index (κ2) is 8.79. The molecular formula is C18H18N2O4S. The van der Waals surface area contributed by atoms with E-state index in [9.17, 15) is 9.59 Å². The van der Waals surface area contributed by atoms with Gasteiger partial charge in [0.2, 0.25) is 0 Å². The summed E-state index contributed by atoms with van der Waals surface area (Å²) >= 11 is 5.13. The summed E-state index contributed by atoms with van der Waals surface area (Å²) < 4.78 is 10.2. The Bertz CT molecular complexity index is 765. The van der Waals surface area contributed by atoms with Gasteiger partial charge in [-0.2, -0.15) is 0 Å². The molecule has 1 amide bonds. The van der Waals surface area contributed by atoms with E-state index in [2.05, 4.69) is 10.6 Å². The standard InChI is InChI=1S/C18H18N2O4S/c1-12(24-13-8-4-3-5-9-13)16(21)20-18(25)19-15-11-7-6-10-14(15)17(22)23-2/h3-12H,1-2H3,(H2,19,20,21,25). The molecule has 2 N–H and O–H groups in total. The monoisotopic (exact) mass is 358 g/mol. The van der Waals surface area contributed by atoms with E-state index in [0.717, 1.165) is 0 Å². The first-order chi connectivity index (χ1) is 12.0. The van der Waals surface area contributed by atoms with Crippen LogP contribution in [0.3, 0.4) is 0 Å². The molecule has 0 saturated carbocycles. The van der Waals surface area contributed by atoms with E-state index in [4.69, 9.17) is 21.7 Å². The van der Waals surface area contributed by atoms with Gasteiger partial charge in [0.25, 0.3) is 5.91 Å². The molecule has 25 heavy (non-hydrogen) atoms. The van der Waals surface area contributed by atoms with Crippen LogP contribution < -0.4 is 15.4 Å². The molecule has 130 valence electrons. The Balaban J connectivity index is 1.96. The summed E-state index contributed by atoms with van der Waals surface area (Å²) in [5, 5.41) is 5.42. The number of carbonyl (C=O) groups excluding carboxylic acids is 2. The molecular weight excluding hydrogens is 340 g/mol. The number of carbonyl (C=O) groups is 2. The fourth-order valence-corrected chi connectivity index (χ4v) is 2.21. The third-order valence-corrected chi connectivity index (χ3v) is 3.45. The van der Waals surface area contributed by atoms with Crippen LogP contribution in [0, 0.1) is 0 Å². The number of hydrogen-bond donors (Lipinski definition) is 2. The van der Waals surface area contributed by atoms with E-state index in [1.165, 1.54) is 7.11 Å². The minimum Gasteiger partial charge on any atom is -0.481 e. The highest BCUT2D eigenvalue weighted by Crippen LogP contribution is 2.16. The van der Waals surface area contributed by atoms with Gasteiger partial charge in [-0.05, 0) is 43.4 Å². The Morgan fingerprint density at radius 3 is 2.36 bits per heavy atom. The van der Waals surface area contributed by atoms with Crippen molar-refractivity contribution in [2.24, 2.45) is 0 Å². The van der Waals surface area contributed by atoms with Gasteiger partial charge in [0.05, 0.1) is 18.4 Å². The van der Waals surface area contributed by atoms with Crippen molar-refractivity contribution < 1.29 is 19.1 Å². The summed E-state index contributed by atoms with van der Waals surface area (Å²) in [5.41, 5.74) is 0.756. The van der Waals surface area contributed by atoms with Gasteiger partial charge in [-0.15, -0.1) is 0 Å². The lowest BCUT2D eigenvalue weighted by molar-refractivity contribution is -0.125. The summed E-state index contributed by atoms with van der Waals surface area (Å²) in [7, 11) is 1.29. The third kappa shape index (κ3) is 5.29. The Labute approximate surface area is 151 Å². The number of ether oxygens (including phenoxy) is 2. The average Bonchev–Trinajstić information content (AvgIpc) is 2.62. The number of para-hydroxylation sites is 2. The number of benzene rings is 2. The molecule has 6 nitrogen and oxygen atoms in total. The summed E-state index contributed by atoms with van der Waals surface area (Å²) in [6.07, 6.45) is -0.738. The molecule has 2 aromatic carbocycles. The highest BCUT2D eigenvalue weighted by Gasteiger charge is 2.17. The van der Waals surface area contributed by atoms with E-state index < -0.39 is 18.0 Å². The predicted molar refractivity (Wildman–Crippen MR) is 98.7 cm³/mol. The molecule has 1 unspecified atom stereocenters. The Kier molecular flexibility index (Phi) is 6.47. The Morgan fingerprint density at radius 2 is 1.68 bits per heavy atom. The van der Waals surface area contributed by atoms with Gasteiger partial charge in [-0.25, -0.2) is 4.79 Å². The van der Waals surface area contributed by atoms with Gasteiger partial charge in [-0.3, -0.25) is 10.1 Å². The van der Waals surface area contributed by atoms with Crippen LogP contribution in [0.25, 0.3) is 0 Å². The number of esters is 1. The topological polar surface area (TPSA) is 76.7 Å². The van der Waals surface area contributed by atoms with Crippen molar-refractivity contribution in [3.63, 3.8) is 0 Å². The number of hydrogen-bond acceptors (Lipinski definition) is 5. The summed E-state index contributed by atoms with van der Waals surface area (Å²) in [6.45, 7) is 1.62. The molecule has 0 aliphatic carbocycles. The second-order valence-corrected chi connectivity index (χ2v) is 5.46.